The fourth-order valence-corrected chi connectivity index (χ4v) is 4.11. The molecule has 4 unspecified atom stereocenters. The minimum atomic E-state index is 0.171. The van der Waals surface area contributed by atoms with E-state index < -0.39 is 0 Å². The van der Waals surface area contributed by atoms with Gasteiger partial charge in [0.2, 0.25) is 0 Å². The molecule has 9 heavy (non-hydrogen) atoms. The van der Waals surface area contributed by atoms with E-state index in [0.29, 0.717) is 5.25 Å². The van der Waals surface area contributed by atoms with Gasteiger partial charge in [0.25, 0.3) is 0 Å². The van der Waals surface area contributed by atoms with E-state index in [0.717, 1.165) is 10.5 Å². The Hall–Kier alpha value is 0.400. The van der Waals surface area contributed by atoms with Crippen molar-refractivity contribution in [3.63, 3.8) is 0 Å². The van der Waals surface area contributed by atoms with Crippen LogP contribution < -0.4 is 5.73 Å². The predicted octanol–water partition coefficient (Wildman–Crippen LogP) is 0.811. The van der Waals surface area contributed by atoms with Crippen molar-refractivity contribution >= 4 is 23.5 Å². The Morgan fingerprint density at radius 3 is 3.11 bits per heavy atom. The van der Waals surface area contributed by atoms with E-state index in [1.165, 1.54) is 0 Å². The van der Waals surface area contributed by atoms with Gasteiger partial charge in [-0.05, 0) is 0 Å². The summed E-state index contributed by atoms with van der Waals surface area (Å²) < 4.78 is 0. The second-order valence-corrected chi connectivity index (χ2v) is 5.57. The molecule has 0 radical (unpaired) electrons. The Kier molecular flexibility index (Phi) is 0.693. The molecule has 0 saturated carbocycles. The third-order valence-electron chi connectivity index (χ3n) is 2.16. The van der Waals surface area contributed by atoms with Crippen molar-refractivity contribution in [1.82, 2.24) is 0 Å². The molecule has 2 saturated heterocycles. The Balaban J connectivity index is 2.06. The number of rotatable bonds is 0. The lowest BCUT2D eigenvalue weighted by molar-refractivity contribution is 0.701. The van der Waals surface area contributed by atoms with Crippen molar-refractivity contribution in [3.05, 3.63) is 12.2 Å². The molecule has 0 aromatic heterocycles. The Morgan fingerprint density at radius 1 is 1.44 bits per heavy atom. The van der Waals surface area contributed by atoms with Crippen molar-refractivity contribution in [3.8, 4) is 0 Å². The zero-order valence-electron chi connectivity index (χ0n) is 4.78. The van der Waals surface area contributed by atoms with E-state index in [2.05, 4.69) is 12.2 Å². The van der Waals surface area contributed by atoms with E-state index in [1.807, 2.05) is 23.5 Å². The van der Waals surface area contributed by atoms with E-state index in [-0.39, 0.29) is 4.87 Å². The standard InChI is InChI=1S/C6H7NS2/c7-6-4(9-6)2-1-3-5(6)8-3/h1-5H,7H2. The molecule has 0 aromatic rings. The van der Waals surface area contributed by atoms with Gasteiger partial charge in [-0.15, -0.1) is 23.5 Å². The molecule has 0 spiro atoms. The zero-order chi connectivity index (χ0) is 6.06. The molecule has 4 atom stereocenters. The smallest absolute Gasteiger partial charge is 0.0917 e. The summed E-state index contributed by atoms with van der Waals surface area (Å²) in [5.74, 6) is 0. The predicted molar refractivity (Wildman–Crippen MR) is 42.6 cm³/mol. The minimum Gasteiger partial charge on any atom is -0.315 e. The van der Waals surface area contributed by atoms with Gasteiger partial charge in [-0.1, -0.05) is 12.2 Å². The Bertz CT molecular complexity index is 203. The molecule has 0 bridgehead atoms. The van der Waals surface area contributed by atoms with Crippen molar-refractivity contribution in [1.29, 1.82) is 0 Å². The van der Waals surface area contributed by atoms with Crippen LogP contribution in [0.25, 0.3) is 0 Å². The molecule has 2 N–H and O–H groups in total. The third-order valence-corrected chi connectivity index (χ3v) is 5.18. The van der Waals surface area contributed by atoms with Crippen LogP contribution in [0.1, 0.15) is 0 Å². The topological polar surface area (TPSA) is 26.0 Å². The quantitative estimate of drug-likeness (QED) is 0.416. The average Bonchev–Trinajstić information content (AvgIpc) is 2.52. The van der Waals surface area contributed by atoms with Gasteiger partial charge in [-0.3, -0.25) is 0 Å². The molecule has 3 rings (SSSR count). The third kappa shape index (κ3) is 0.494. The molecule has 2 heterocycles. The van der Waals surface area contributed by atoms with E-state index >= 15 is 0 Å². The molecule has 3 aliphatic rings. The molecule has 1 aliphatic carbocycles. The number of hydrogen-bond donors (Lipinski definition) is 1. The van der Waals surface area contributed by atoms with Crippen LogP contribution in [0.4, 0.5) is 0 Å². The molecule has 0 aromatic carbocycles. The van der Waals surface area contributed by atoms with Crippen LogP contribution in [0.3, 0.4) is 0 Å². The first-order chi connectivity index (χ1) is 4.31. The highest BCUT2D eigenvalue weighted by Gasteiger charge is 2.66. The summed E-state index contributed by atoms with van der Waals surface area (Å²) >= 11 is 3.94. The van der Waals surface area contributed by atoms with Crippen LogP contribution >= 0.6 is 23.5 Å². The fourth-order valence-electron chi connectivity index (χ4n) is 1.45. The first-order valence-corrected chi connectivity index (χ1v) is 4.93. The van der Waals surface area contributed by atoms with E-state index in [9.17, 15) is 0 Å². The lowest BCUT2D eigenvalue weighted by atomic mass is 10.0. The molecule has 2 fully saturated rings. The fraction of sp³-hybridized carbons (Fsp3) is 0.667. The van der Waals surface area contributed by atoms with Crippen molar-refractivity contribution in [2.75, 3.05) is 0 Å². The van der Waals surface area contributed by atoms with Crippen LogP contribution in [-0.2, 0) is 0 Å². The summed E-state index contributed by atoms with van der Waals surface area (Å²) in [6, 6.07) is 0. The number of fused-ring (bicyclic) bond motifs is 3. The van der Waals surface area contributed by atoms with Gasteiger partial charge < -0.3 is 5.73 Å². The highest BCUT2D eigenvalue weighted by Crippen LogP contribution is 2.67. The number of nitrogens with two attached hydrogens (primary N) is 1. The van der Waals surface area contributed by atoms with Crippen LogP contribution in [0.15, 0.2) is 12.2 Å². The molecule has 0 amide bonds. The second-order valence-electron chi connectivity index (χ2n) is 2.80. The molecular weight excluding hydrogens is 150 g/mol. The van der Waals surface area contributed by atoms with Gasteiger partial charge in [0.15, 0.2) is 0 Å². The van der Waals surface area contributed by atoms with E-state index in [4.69, 9.17) is 5.73 Å². The van der Waals surface area contributed by atoms with Crippen molar-refractivity contribution in [2.45, 2.75) is 20.6 Å². The first kappa shape index (κ1) is 5.10. The monoisotopic (exact) mass is 157 g/mol. The molecule has 1 nitrogen and oxygen atoms in total. The highest BCUT2D eigenvalue weighted by atomic mass is 32.2. The zero-order valence-corrected chi connectivity index (χ0v) is 6.41. The molecular formula is C6H7NS2. The first-order valence-electron chi connectivity index (χ1n) is 3.11. The van der Waals surface area contributed by atoms with Gasteiger partial charge in [-0.2, -0.15) is 0 Å². The van der Waals surface area contributed by atoms with Gasteiger partial charge in [-0.25, -0.2) is 0 Å². The van der Waals surface area contributed by atoms with Crippen LogP contribution in [0, 0.1) is 0 Å². The summed E-state index contributed by atoms with van der Waals surface area (Å²) in [6.45, 7) is 0. The van der Waals surface area contributed by atoms with Crippen molar-refractivity contribution in [2.24, 2.45) is 5.73 Å². The Morgan fingerprint density at radius 2 is 2.33 bits per heavy atom. The molecule has 2 aliphatic heterocycles. The van der Waals surface area contributed by atoms with Gasteiger partial charge in [0.1, 0.15) is 0 Å². The summed E-state index contributed by atoms with van der Waals surface area (Å²) in [4.78, 5) is 0.171. The average molecular weight is 157 g/mol. The molecule has 3 heteroatoms. The van der Waals surface area contributed by atoms with E-state index in [1.54, 1.807) is 0 Å². The largest absolute Gasteiger partial charge is 0.315 e. The molecule has 48 valence electrons. The van der Waals surface area contributed by atoms with Crippen LogP contribution in [0.5, 0.6) is 0 Å². The van der Waals surface area contributed by atoms with Crippen LogP contribution in [0.2, 0.25) is 0 Å². The maximum atomic E-state index is 6.03. The minimum absolute atomic E-state index is 0.171. The summed E-state index contributed by atoms with van der Waals surface area (Å²) in [6.07, 6.45) is 4.58. The summed E-state index contributed by atoms with van der Waals surface area (Å²) in [5, 5.41) is 2.20. The lowest BCUT2D eigenvalue weighted by Gasteiger charge is -2.06. The lowest BCUT2D eigenvalue weighted by Crippen LogP contribution is -2.34. The van der Waals surface area contributed by atoms with Crippen LogP contribution in [-0.4, -0.2) is 20.6 Å². The summed E-state index contributed by atoms with van der Waals surface area (Å²) in [7, 11) is 0. The van der Waals surface area contributed by atoms with Gasteiger partial charge in [0, 0.05) is 10.5 Å². The van der Waals surface area contributed by atoms with Gasteiger partial charge >= 0.3 is 0 Å². The SMILES string of the molecule is NC12SC1C=CC1SC12. The maximum absolute atomic E-state index is 6.03. The normalized spacial score (nSPS) is 66.6. The highest BCUT2D eigenvalue weighted by molar-refractivity contribution is 8.13. The number of hydrogen-bond acceptors (Lipinski definition) is 3. The van der Waals surface area contributed by atoms with Gasteiger partial charge in [0.05, 0.1) is 10.1 Å². The van der Waals surface area contributed by atoms with Crippen molar-refractivity contribution < 1.29 is 0 Å². The Labute approximate surface area is 62.4 Å². The second kappa shape index (κ2) is 1.22. The number of thioether (sulfide) groups is 2. The summed E-state index contributed by atoms with van der Waals surface area (Å²) in [5.41, 5.74) is 6.03. The maximum Gasteiger partial charge on any atom is 0.0917 e.